The van der Waals surface area contributed by atoms with Crippen LogP contribution in [0.25, 0.3) is 21.8 Å². The number of benzene rings is 3. The van der Waals surface area contributed by atoms with Crippen molar-refractivity contribution in [3.05, 3.63) is 101 Å². The Balaban J connectivity index is 1.46. The molecule has 0 bridgehead atoms. The molecule has 3 aromatic carbocycles. The molecule has 1 aliphatic heterocycles. The maximum atomic E-state index is 15.0. The first-order valence-electron chi connectivity index (χ1n) is 18.4. The topological polar surface area (TPSA) is 104 Å². The van der Waals surface area contributed by atoms with Crippen LogP contribution in [0.4, 0.5) is 19.8 Å². The first-order chi connectivity index (χ1) is 25.6. The molecule has 53 heavy (non-hydrogen) atoms. The monoisotopic (exact) mass is 724 g/mol. The highest BCUT2D eigenvalue weighted by Gasteiger charge is 2.30. The zero-order valence-electron chi connectivity index (χ0n) is 31.2. The fraction of sp³-hybridized carbons (Fsp3) is 0.405. The normalized spacial score (nSPS) is 13.7. The lowest BCUT2D eigenvalue weighted by molar-refractivity contribution is 0.0551. The zero-order valence-corrected chi connectivity index (χ0v) is 31.2. The lowest BCUT2D eigenvalue weighted by Crippen LogP contribution is -2.42. The summed E-state index contributed by atoms with van der Waals surface area (Å²) in [6.45, 7) is 9.79. The van der Waals surface area contributed by atoms with Crippen molar-refractivity contribution in [2.75, 3.05) is 38.7 Å². The molecule has 0 spiro atoms. The highest BCUT2D eigenvalue weighted by Crippen LogP contribution is 2.39. The molecule has 2 aromatic heterocycles. The number of fused-ring (bicyclic) bond motifs is 3. The summed E-state index contributed by atoms with van der Waals surface area (Å²) in [4.78, 5) is 33.6. The Morgan fingerprint density at radius 2 is 1.70 bits per heavy atom. The number of piperidine rings is 1. The van der Waals surface area contributed by atoms with Crippen molar-refractivity contribution >= 4 is 39.8 Å². The van der Waals surface area contributed by atoms with Gasteiger partial charge in [-0.1, -0.05) is 54.6 Å². The SMILES string of the molecule is CCOC(=O)N1CCC(Nc2nc(Cc3ccc(OC)c(F)c3)c3c(c2CCCOCc2ccccc2)c2ccccc2n3C(=O)OC(C)(C)C)CC1. The average molecular weight is 725 g/mol. The summed E-state index contributed by atoms with van der Waals surface area (Å²) in [5.41, 5.74) is 3.91. The van der Waals surface area contributed by atoms with E-state index in [9.17, 15) is 9.59 Å². The average Bonchev–Trinajstić information content (AvgIpc) is 3.48. The van der Waals surface area contributed by atoms with E-state index in [1.165, 1.54) is 13.2 Å². The van der Waals surface area contributed by atoms with Gasteiger partial charge in [0.1, 0.15) is 11.4 Å². The molecule has 10 nitrogen and oxygen atoms in total. The second-order valence-electron chi connectivity index (χ2n) is 14.3. The van der Waals surface area contributed by atoms with Gasteiger partial charge in [0.15, 0.2) is 11.6 Å². The first-order valence-corrected chi connectivity index (χ1v) is 18.4. The van der Waals surface area contributed by atoms with Crippen LogP contribution in [0.3, 0.4) is 0 Å². The van der Waals surface area contributed by atoms with Crippen LogP contribution in [0.5, 0.6) is 5.75 Å². The molecular weight excluding hydrogens is 675 g/mol. The van der Waals surface area contributed by atoms with Crippen LogP contribution >= 0.6 is 0 Å². The van der Waals surface area contributed by atoms with Gasteiger partial charge >= 0.3 is 12.2 Å². The Bertz CT molecular complexity index is 2050. The Morgan fingerprint density at radius 1 is 0.962 bits per heavy atom. The van der Waals surface area contributed by atoms with E-state index in [1.807, 2.05) is 81.4 Å². The van der Waals surface area contributed by atoms with E-state index < -0.39 is 17.5 Å². The fourth-order valence-electron chi connectivity index (χ4n) is 6.92. The number of para-hydroxylation sites is 1. The second-order valence-corrected chi connectivity index (χ2v) is 14.3. The standard InChI is InChI=1S/C42H49FN4O6/c1-6-52-40(48)46-22-20-30(21-23-46)44-39-32(16-12-24-51-27-28-13-8-7-9-14-28)37-31-15-10-11-17-35(31)47(41(49)53-42(2,3)4)38(37)34(45-39)26-29-18-19-36(50-5)33(43)25-29/h7-11,13-15,17-19,25,30H,6,12,16,20-24,26-27H2,1-5H3,(H,44,45). The number of amides is 1. The Kier molecular flexibility index (Phi) is 11.8. The predicted molar refractivity (Wildman–Crippen MR) is 204 cm³/mol. The lowest BCUT2D eigenvalue weighted by Gasteiger charge is -2.32. The summed E-state index contributed by atoms with van der Waals surface area (Å²) in [5.74, 6) is 0.370. The van der Waals surface area contributed by atoms with E-state index in [2.05, 4.69) is 5.32 Å². The molecule has 11 heteroatoms. The van der Waals surface area contributed by atoms with Crippen LogP contribution in [0.15, 0.2) is 72.8 Å². The number of hydrogen-bond acceptors (Lipinski definition) is 8. The van der Waals surface area contributed by atoms with Crippen LogP contribution in [-0.4, -0.2) is 71.7 Å². The fourth-order valence-corrected chi connectivity index (χ4v) is 6.92. The third-order valence-electron chi connectivity index (χ3n) is 9.34. The number of hydrogen-bond donors (Lipinski definition) is 1. The Hall–Kier alpha value is -5.16. The summed E-state index contributed by atoms with van der Waals surface area (Å²) in [6.07, 6.45) is 2.15. The van der Waals surface area contributed by atoms with Crippen molar-refractivity contribution in [1.82, 2.24) is 14.5 Å². The molecule has 1 amide bonds. The maximum Gasteiger partial charge on any atom is 0.419 e. The summed E-state index contributed by atoms with van der Waals surface area (Å²) in [5, 5.41) is 5.52. The molecule has 0 saturated carbocycles. The van der Waals surface area contributed by atoms with Gasteiger partial charge in [0.05, 0.1) is 37.1 Å². The third-order valence-corrected chi connectivity index (χ3v) is 9.34. The third kappa shape index (κ3) is 8.90. The van der Waals surface area contributed by atoms with Crippen molar-refractivity contribution in [3.63, 3.8) is 0 Å². The summed E-state index contributed by atoms with van der Waals surface area (Å²) >= 11 is 0. The molecule has 0 unspecified atom stereocenters. The highest BCUT2D eigenvalue weighted by molar-refractivity contribution is 6.15. The van der Waals surface area contributed by atoms with E-state index in [-0.39, 0.29) is 24.3 Å². The van der Waals surface area contributed by atoms with Crippen LogP contribution < -0.4 is 10.1 Å². The van der Waals surface area contributed by atoms with Crippen molar-refractivity contribution in [2.45, 2.75) is 78.0 Å². The van der Waals surface area contributed by atoms with E-state index in [0.29, 0.717) is 86.7 Å². The van der Waals surface area contributed by atoms with Gasteiger partial charge in [-0.25, -0.2) is 23.5 Å². The second kappa shape index (κ2) is 16.7. The van der Waals surface area contributed by atoms with E-state index >= 15 is 4.39 Å². The number of nitrogens with one attached hydrogen (secondary N) is 1. The van der Waals surface area contributed by atoms with Gasteiger partial charge in [-0.2, -0.15) is 0 Å². The van der Waals surface area contributed by atoms with Crippen molar-refractivity contribution in [2.24, 2.45) is 0 Å². The summed E-state index contributed by atoms with van der Waals surface area (Å²) < 4.78 is 39.2. The number of anilines is 1. The molecule has 1 aliphatic rings. The number of likely N-dealkylation sites (tertiary alicyclic amines) is 1. The molecule has 0 aliphatic carbocycles. The number of aryl methyl sites for hydroxylation is 1. The number of nitrogens with zero attached hydrogens (tertiary/aromatic N) is 3. The van der Waals surface area contributed by atoms with Crippen molar-refractivity contribution < 1.29 is 32.9 Å². The van der Waals surface area contributed by atoms with Gasteiger partial charge in [0, 0.05) is 48.5 Å². The minimum atomic E-state index is -0.750. The number of pyridine rings is 1. The van der Waals surface area contributed by atoms with E-state index in [1.54, 1.807) is 22.5 Å². The van der Waals surface area contributed by atoms with Gasteiger partial charge in [0.25, 0.3) is 0 Å². The number of rotatable bonds is 12. The number of carbonyl (C=O) groups excluding carboxylic acids is 2. The van der Waals surface area contributed by atoms with Crippen molar-refractivity contribution in [1.29, 1.82) is 0 Å². The molecule has 0 radical (unpaired) electrons. The highest BCUT2D eigenvalue weighted by atomic mass is 19.1. The van der Waals surface area contributed by atoms with Gasteiger partial charge < -0.3 is 29.2 Å². The number of halogens is 1. The Morgan fingerprint density at radius 3 is 2.40 bits per heavy atom. The maximum absolute atomic E-state index is 15.0. The lowest BCUT2D eigenvalue weighted by atomic mass is 9.98. The van der Waals surface area contributed by atoms with Crippen molar-refractivity contribution in [3.8, 4) is 5.75 Å². The molecule has 6 rings (SSSR count). The van der Waals surface area contributed by atoms with E-state index in [4.69, 9.17) is 23.9 Å². The summed E-state index contributed by atoms with van der Waals surface area (Å²) in [6, 6.07) is 22.8. The Labute approximate surface area is 310 Å². The summed E-state index contributed by atoms with van der Waals surface area (Å²) in [7, 11) is 1.43. The smallest absolute Gasteiger partial charge is 0.419 e. The van der Waals surface area contributed by atoms with E-state index in [0.717, 1.165) is 21.9 Å². The molecule has 1 N–H and O–H groups in total. The van der Waals surface area contributed by atoms with Crippen LogP contribution in [0.1, 0.15) is 69.3 Å². The molecule has 5 aromatic rings. The number of carbonyl (C=O) groups is 2. The van der Waals surface area contributed by atoms with Crippen LogP contribution in [-0.2, 0) is 33.7 Å². The minimum absolute atomic E-state index is 0.0317. The quantitative estimate of drug-likeness (QED) is 0.127. The zero-order chi connectivity index (χ0) is 37.5. The van der Waals surface area contributed by atoms with Crippen LogP contribution in [0.2, 0.25) is 0 Å². The molecule has 280 valence electrons. The van der Waals surface area contributed by atoms with Gasteiger partial charge in [-0.3, -0.25) is 0 Å². The minimum Gasteiger partial charge on any atom is -0.494 e. The molecule has 3 heterocycles. The largest absolute Gasteiger partial charge is 0.494 e. The number of methoxy groups -OCH3 is 1. The molecule has 1 saturated heterocycles. The van der Waals surface area contributed by atoms with Gasteiger partial charge in [-0.05, 0) is 82.7 Å². The number of ether oxygens (including phenoxy) is 4. The van der Waals surface area contributed by atoms with Gasteiger partial charge in [0.2, 0.25) is 0 Å². The van der Waals surface area contributed by atoms with Crippen LogP contribution in [0, 0.1) is 5.82 Å². The molecule has 0 atom stereocenters. The van der Waals surface area contributed by atoms with Gasteiger partial charge in [-0.15, -0.1) is 0 Å². The predicted octanol–water partition coefficient (Wildman–Crippen LogP) is 8.89. The molecular formula is C42H49FN4O6. The number of aromatic nitrogens is 2. The molecule has 1 fully saturated rings. The first kappa shape index (κ1) is 37.6.